The van der Waals surface area contributed by atoms with Gasteiger partial charge < -0.3 is 0 Å². The molecule has 1 aromatic rings. The fraction of sp³-hybridized carbons (Fsp3) is 0.600. The average Bonchev–Trinajstić information content (AvgIpc) is 2.62. The molecule has 0 saturated carbocycles. The summed E-state index contributed by atoms with van der Waals surface area (Å²) in [4.78, 5) is 3.13. The first-order chi connectivity index (χ1) is 6.66. The fourth-order valence-electron chi connectivity index (χ4n) is 1.90. The smallest absolute Gasteiger partial charge is 0.0973 e. The maximum atomic E-state index is 6.08. The van der Waals surface area contributed by atoms with Crippen LogP contribution in [0.5, 0.6) is 0 Å². The van der Waals surface area contributed by atoms with Crippen LogP contribution in [0, 0.1) is 0 Å². The lowest BCUT2D eigenvalue weighted by Crippen LogP contribution is -2.26. The van der Waals surface area contributed by atoms with Crippen molar-refractivity contribution in [3.63, 3.8) is 0 Å². The van der Waals surface area contributed by atoms with Crippen LogP contribution >= 0.6 is 38.9 Å². The van der Waals surface area contributed by atoms with E-state index in [1.54, 1.807) is 11.3 Å². The molecule has 2 unspecified atom stereocenters. The number of thiophene rings is 1. The summed E-state index contributed by atoms with van der Waals surface area (Å²) in [6.45, 7) is 4.40. The van der Waals surface area contributed by atoms with E-state index in [4.69, 9.17) is 11.6 Å². The minimum absolute atomic E-state index is 0.648. The molecular formula is C10H13BrClNS. The van der Waals surface area contributed by atoms with Gasteiger partial charge in [0.25, 0.3) is 0 Å². The molecule has 14 heavy (non-hydrogen) atoms. The Labute approximate surface area is 102 Å². The Hall–Kier alpha value is 0.430. The van der Waals surface area contributed by atoms with E-state index >= 15 is 0 Å². The van der Waals surface area contributed by atoms with Crippen LogP contribution in [0.4, 0.5) is 0 Å². The monoisotopic (exact) mass is 293 g/mol. The molecule has 0 spiro atoms. The summed E-state index contributed by atoms with van der Waals surface area (Å²) in [6, 6.07) is 2.79. The van der Waals surface area contributed by atoms with Crippen LogP contribution in [-0.2, 0) is 6.54 Å². The van der Waals surface area contributed by atoms with Gasteiger partial charge in [-0.1, -0.05) is 27.5 Å². The van der Waals surface area contributed by atoms with E-state index in [-0.39, 0.29) is 0 Å². The third-order valence-corrected chi connectivity index (χ3v) is 4.63. The molecule has 1 nitrogen and oxygen atoms in total. The van der Waals surface area contributed by atoms with Crippen molar-refractivity contribution in [2.75, 3.05) is 6.54 Å². The van der Waals surface area contributed by atoms with Gasteiger partial charge in [0.05, 0.1) is 4.34 Å². The number of hydrogen-bond donors (Lipinski definition) is 0. The van der Waals surface area contributed by atoms with Crippen molar-refractivity contribution < 1.29 is 0 Å². The highest BCUT2D eigenvalue weighted by atomic mass is 79.9. The Morgan fingerprint density at radius 3 is 3.00 bits per heavy atom. The number of hydrogen-bond acceptors (Lipinski definition) is 2. The first kappa shape index (κ1) is 10.9. The van der Waals surface area contributed by atoms with Crippen molar-refractivity contribution >= 4 is 38.9 Å². The van der Waals surface area contributed by atoms with Crippen LogP contribution < -0.4 is 0 Å². The summed E-state index contributed by atoms with van der Waals surface area (Å²) in [5.41, 5.74) is 1.27. The molecule has 2 atom stereocenters. The van der Waals surface area contributed by atoms with Gasteiger partial charge >= 0.3 is 0 Å². The average molecular weight is 295 g/mol. The number of likely N-dealkylation sites (tertiary alicyclic amines) is 1. The van der Waals surface area contributed by atoms with Crippen molar-refractivity contribution in [2.24, 2.45) is 0 Å². The molecule has 2 rings (SSSR count). The Balaban J connectivity index is 2.01. The molecular weight excluding hydrogens is 282 g/mol. The van der Waals surface area contributed by atoms with Crippen LogP contribution in [0.3, 0.4) is 0 Å². The second-order valence-electron chi connectivity index (χ2n) is 3.83. The zero-order chi connectivity index (χ0) is 10.1. The Morgan fingerprint density at radius 1 is 1.71 bits per heavy atom. The molecule has 0 bridgehead atoms. The second-order valence-corrected chi connectivity index (χ2v) is 6.64. The lowest BCUT2D eigenvalue weighted by atomic mass is 10.2. The molecule has 0 aliphatic carbocycles. The maximum absolute atomic E-state index is 6.08. The summed E-state index contributed by atoms with van der Waals surface area (Å²) in [5, 5.41) is 2.06. The fourth-order valence-corrected chi connectivity index (χ4v) is 3.73. The minimum atomic E-state index is 0.648. The van der Waals surface area contributed by atoms with E-state index in [1.165, 1.54) is 12.0 Å². The van der Waals surface area contributed by atoms with E-state index in [0.717, 1.165) is 17.4 Å². The first-order valence-electron chi connectivity index (χ1n) is 4.77. The van der Waals surface area contributed by atoms with Crippen molar-refractivity contribution in [3.8, 4) is 0 Å². The zero-order valence-electron chi connectivity index (χ0n) is 8.04. The third-order valence-electron chi connectivity index (χ3n) is 2.72. The van der Waals surface area contributed by atoms with Gasteiger partial charge in [0, 0.05) is 24.0 Å². The van der Waals surface area contributed by atoms with Gasteiger partial charge in [-0.05, 0) is 30.4 Å². The predicted octanol–water partition coefficient (Wildman–Crippen LogP) is 3.76. The molecule has 1 saturated heterocycles. The Morgan fingerprint density at radius 2 is 2.50 bits per heavy atom. The largest absolute Gasteiger partial charge is 0.295 e. The van der Waals surface area contributed by atoms with E-state index in [2.05, 4.69) is 39.2 Å². The van der Waals surface area contributed by atoms with Crippen LogP contribution in [0.2, 0.25) is 4.34 Å². The van der Waals surface area contributed by atoms with E-state index in [9.17, 15) is 0 Å². The maximum Gasteiger partial charge on any atom is 0.0973 e. The van der Waals surface area contributed by atoms with Crippen molar-refractivity contribution in [2.45, 2.75) is 30.8 Å². The van der Waals surface area contributed by atoms with Crippen LogP contribution in [0.25, 0.3) is 0 Å². The zero-order valence-corrected chi connectivity index (χ0v) is 11.2. The lowest BCUT2D eigenvalue weighted by Gasteiger charge is -2.20. The van der Waals surface area contributed by atoms with E-state index < -0.39 is 0 Å². The van der Waals surface area contributed by atoms with Crippen molar-refractivity contribution in [3.05, 3.63) is 21.3 Å². The molecule has 2 heterocycles. The highest BCUT2D eigenvalue weighted by Gasteiger charge is 2.27. The summed E-state index contributed by atoms with van der Waals surface area (Å²) in [7, 11) is 0. The summed E-state index contributed by atoms with van der Waals surface area (Å²) in [5.74, 6) is 0. The lowest BCUT2D eigenvalue weighted by molar-refractivity contribution is 0.261. The van der Waals surface area contributed by atoms with Gasteiger partial charge in [-0.15, -0.1) is 11.3 Å². The standard InChI is InChI=1S/C10H13BrClNS/c1-7-4-9(11)6-13(7)5-8-2-3-14-10(8)12/h2-3,7,9H,4-6H2,1H3. The topological polar surface area (TPSA) is 3.24 Å². The number of nitrogens with zero attached hydrogens (tertiary/aromatic N) is 1. The van der Waals surface area contributed by atoms with Gasteiger partial charge in [0.2, 0.25) is 0 Å². The quantitative estimate of drug-likeness (QED) is 0.751. The van der Waals surface area contributed by atoms with Crippen LogP contribution in [0.1, 0.15) is 18.9 Å². The molecule has 1 aliphatic rings. The van der Waals surface area contributed by atoms with Crippen LogP contribution in [0.15, 0.2) is 11.4 Å². The molecule has 1 fully saturated rings. The Bertz CT molecular complexity index is 315. The summed E-state index contributed by atoms with van der Waals surface area (Å²) in [6.07, 6.45) is 1.24. The summed E-state index contributed by atoms with van der Waals surface area (Å²) >= 11 is 11.4. The molecule has 0 amide bonds. The predicted molar refractivity (Wildman–Crippen MR) is 66.5 cm³/mol. The molecule has 0 aromatic carbocycles. The van der Waals surface area contributed by atoms with Gasteiger partial charge in [-0.25, -0.2) is 0 Å². The van der Waals surface area contributed by atoms with Crippen molar-refractivity contribution in [1.29, 1.82) is 0 Å². The molecule has 0 radical (unpaired) electrons. The van der Waals surface area contributed by atoms with Gasteiger partial charge in [-0.3, -0.25) is 4.90 Å². The number of halogens is 2. The molecule has 1 aromatic heterocycles. The highest BCUT2D eigenvalue weighted by Crippen LogP contribution is 2.29. The molecule has 0 N–H and O–H groups in total. The normalized spacial score (nSPS) is 28.5. The SMILES string of the molecule is CC1CC(Br)CN1Cc1ccsc1Cl. The number of rotatable bonds is 2. The highest BCUT2D eigenvalue weighted by molar-refractivity contribution is 9.09. The second kappa shape index (κ2) is 4.52. The van der Waals surface area contributed by atoms with Gasteiger partial charge in [-0.2, -0.15) is 0 Å². The third kappa shape index (κ3) is 2.32. The molecule has 1 aliphatic heterocycles. The summed E-state index contributed by atoms with van der Waals surface area (Å²) < 4.78 is 0.940. The minimum Gasteiger partial charge on any atom is -0.295 e. The van der Waals surface area contributed by atoms with Gasteiger partial charge in [0.1, 0.15) is 0 Å². The molecule has 4 heteroatoms. The Kier molecular flexibility index (Phi) is 3.53. The molecule has 78 valence electrons. The van der Waals surface area contributed by atoms with E-state index in [0.29, 0.717) is 10.9 Å². The first-order valence-corrected chi connectivity index (χ1v) is 6.94. The van der Waals surface area contributed by atoms with E-state index in [1.807, 2.05) is 0 Å². The number of alkyl halides is 1. The van der Waals surface area contributed by atoms with Crippen LogP contribution in [-0.4, -0.2) is 22.3 Å². The van der Waals surface area contributed by atoms with Gasteiger partial charge in [0.15, 0.2) is 0 Å². The van der Waals surface area contributed by atoms with Crippen molar-refractivity contribution in [1.82, 2.24) is 4.90 Å².